The lowest BCUT2D eigenvalue weighted by molar-refractivity contribution is -0.163. The third-order valence-electron chi connectivity index (χ3n) is 3.97. The first-order chi connectivity index (χ1) is 11.5. The van der Waals surface area contributed by atoms with Gasteiger partial charge in [-0.3, -0.25) is 24.3 Å². The second kappa shape index (κ2) is 6.48. The third-order valence-corrected chi connectivity index (χ3v) is 3.97. The quantitative estimate of drug-likeness (QED) is 0.726. The summed E-state index contributed by atoms with van der Waals surface area (Å²) in [7, 11) is 0. The van der Waals surface area contributed by atoms with Crippen molar-refractivity contribution in [3.05, 3.63) is 30.3 Å². The molecular formula is C16H21N5O3. The van der Waals surface area contributed by atoms with Gasteiger partial charge in [0, 0.05) is 24.8 Å². The Balaban J connectivity index is 1.76. The van der Waals surface area contributed by atoms with E-state index in [4.69, 9.17) is 0 Å². The van der Waals surface area contributed by atoms with Gasteiger partial charge in [-0.15, -0.1) is 0 Å². The Bertz CT molecular complexity index is 648. The molecule has 0 saturated carbocycles. The first-order valence-electron chi connectivity index (χ1n) is 7.97. The van der Waals surface area contributed by atoms with Gasteiger partial charge in [-0.25, -0.2) is 0 Å². The first-order valence-corrected chi connectivity index (χ1v) is 7.97. The molecule has 0 spiro atoms. The SMILES string of the molecule is CC(C)NC(=O)CN1NC2N(CCN2c2ccccc2)C(=O)C1=O. The van der Waals surface area contributed by atoms with E-state index in [1.54, 1.807) is 0 Å². The van der Waals surface area contributed by atoms with Crippen LogP contribution in [-0.4, -0.2) is 59.6 Å². The highest BCUT2D eigenvalue weighted by atomic mass is 16.2. The van der Waals surface area contributed by atoms with Gasteiger partial charge in [0.2, 0.25) is 5.91 Å². The molecule has 128 valence electrons. The van der Waals surface area contributed by atoms with E-state index >= 15 is 0 Å². The Morgan fingerprint density at radius 1 is 1.17 bits per heavy atom. The molecule has 1 aromatic rings. The van der Waals surface area contributed by atoms with Gasteiger partial charge in [-0.05, 0) is 26.0 Å². The number of carbonyl (C=O) groups is 3. The van der Waals surface area contributed by atoms with Crippen molar-refractivity contribution in [2.45, 2.75) is 26.2 Å². The van der Waals surface area contributed by atoms with Gasteiger partial charge in [-0.1, -0.05) is 18.2 Å². The van der Waals surface area contributed by atoms with Crippen molar-refractivity contribution in [2.75, 3.05) is 24.5 Å². The summed E-state index contributed by atoms with van der Waals surface area (Å²) in [6.07, 6.45) is -0.468. The number of nitrogens with zero attached hydrogens (tertiary/aromatic N) is 3. The van der Waals surface area contributed by atoms with Crippen LogP contribution in [-0.2, 0) is 14.4 Å². The average Bonchev–Trinajstić information content (AvgIpc) is 2.96. The molecule has 2 saturated heterocycles. The van der Waals surface area contributed by atoms with Crippen LogP contribution in [0, 0.1) is 0 Å². The topological polar surface area (TPSA) is 85.0 Å². The molecule has 2 fully saturated rings. The summed E-state index contributed by atoms with van der Waals surface area (Å²) < 4.78 is 0. The first kappa shape index (κ1) is 16.3. The molecule has 1 atom stereocenters. The Kier molecular flexibility index (Phi) is 4.39. The zero-order valence-corrected chi connectivity index (χ0v) is 13.7. The van der Waals surface area contributed by atoms with Crippen LogP contribution >= 0.6 is 0 Å². The summed E-state index contributed by atoms with van der Waals surface area (Å²) in [5, 5.41) is 3.82. The van der Waals surface area contributed by atoms with E-state index < -0.39 is 18.1 Å². The number of fused-ring (bicyclic) bond motifs is 1. The van der Waals surface area contributed by atoms with Gasteiger partial charge >= 0.3 is 11.8 Å². The molecule has 1 unspecified atom stereocenters. The highest BCUT2D eigenvalue weighted by Gasteiger charge is 2.45. The number of benzene rings is 1. The van der Waals surface area contributed by atoms with E-state index in [1.807, 2.05) is 49.1 Å². The predicted molar refractivity (Wildman–Crippen MR) is 87.4 cm³/mol. The fourth-order valence-electron chi connectivity index (χ4n) is 2.94. The number of amides is 3. The zero-order valence-electron chi connectivity index (χ0n) is 13.7. The highest BCUT2D eigenvalue weighted by Crippen LogP contribution is 2.24. The standard InChI is InChI=1S/C16H21N5O3/c1-11(2)17-13(22)10-21-15(24)14(23)20-9-8-19(16(20)18-21)12-6-4-3-5-7-12/h3-7,11,16,18H,8-10H2,1-2H3,(H,17,22). The molecule has 0 aliphatic carbocycles. The Labute approximate surface area is 140 Å². The Morgan fingerprint density at radius 3 is 2.50 bits per heavy atom. The molecular weight excluding hydrogens is 310 g/mol. The molecule has 8 heteroatoms. The van der Waals surface area contributed by atoms with E-state index in [-0.39, 0.29) is 18.5 Å². The zero-order chi connectivity index (χ0) is 17.3. The monoisotopic (exact) mass is 331 g/mol. The van der Waals surface area contributed by atoms with E-state index in [2.05, 4.69) is 10.7 Å². The minimum absolute atomic E-state index is 0.0307. The van der Waals surface area contributed by atoms with Crippen LogP contribution < -0.4 is 15.6 Å². The number of hydrazine groups is 1. The van der Waals surface area contributed by atoms with Crippen molar-refractivity contribution in [1.29, 1.82) is 0 Å². The minimum Gasteiger partial charge on any atom is -0.352 e. The lowest BCUT2D eigenvalue weighted by Gasteiger charge is -2.40. The van der Waals surface area contributed by atoms with Crippen LogP contribution in [0.2, 0.25) is 0 Å². The average molecular weight is 331 g/mol. The van der Waals surface area contributed by atoms with Crippen molar-refractivity contribution in [1.82, 2.24) is 20.7 Å². The normalized spacial score (nSPS) is 20.6. The minimum atomic E-state index is -0.708. The lowest BCUT2D eigenvalue weighted by Crippen LogP contribution is -2.68. The highest BCUT2D eigenvalue weighted by molar-refractivity contribution is 6.35. The lowest BCUT2D eigenvalue weighted by atomic mass is 10.3. The molecule has 3 rings (SSSR count). The number of carbonyl (C=O) groups excluding carboxylic acids is 3. The second-order valence-corrected chi connectivity index (χ2v) is 6.14. The van der Waals surface area contributed by atoms with Crippen molar-refractivity contribution in [3.63, 3.8) is 0 Å². The van der Waals surface area contributed by atoms with Crippen LogP contribution in [0.25, 0.3) is 0 Å². The second-order valence-electron chi connectivity index (χ2n) is 6.14. The molecule has 8 nitrogen and oxygen atoms in total. The van der Waals surface area contributed by atoms with Crippen LogP contribution in [0.5, 0.6) is 0 Å². The van der Waals surface area contributed by atoms with Gasteiger partial charge in [0.25, 0.3) is 0 Å². The molecule has 0 aromatic heterocycles. The number of hydrogen-bond acceptors (Lipinski definition) is 5. The van der Waals surface area contributed by atoms with Crippen molar-refractivity contribution < 1.29 is 14.4 Å². The summed E-state index contributed by atoms with van der Waals surface area (Å²) in [4.78, 5) is 40.0. The predicted octanol–water partition coefficient (Wildman–Crippen LogP) is -0.510. The van der Waals surface area contributed by atoms with Crippen LogP contribution in [0.4, 0.5) is 5.69 Å². The summed E-state index contributed by atoms with van der Waals surface area (Å²) in [5.74, 6) is -1.61. The summed E-state index contributed by atoms with van der Waals surface area (Å²) in [5.41, 5.74) is 3.95. The van der Waals surface area contributed by atoms with E-state index in [9.17, 15) is 14.4 Å². The fourth-order valence-corrected chi connectivity index (χ4v) is 2.94. The molecule has 1 aromatic carbocycles. The fraction of sp³-hybridized carbons (Fsp3) is 0.438. The largest absolute Gasteiger partial charge is 0.352 e. The number of nitrogens with one attached hydrogen (secondary N) is 2. The van der Waals surface area contributed by atoms with E-state index in [0.717, 1.165) is 10.7 Å². The number of hydrogen-bond donors (Lipinski definition) is 2. The van der Waals surface area contributed by atoms with Crippen molar-refractivity contribution in [2.24, 2.45) is 0 Å². The summed E-state index contributed by atoms with van der Waals surface area (Å²) in [6.45, 7) is 4.56. The Hall–Kier alpha value is -2.61. The maximum Gasteiger partial charge on any atom is 0.326 e. The Morgan fingerprint density at radius 2 is 1.83 bits per heavy atom. The molecule has 2 N–H and O–H groups in total. The van der Waals surface area contributed by atoms with Gasteiger partial charge in [-0.2, -0.15) is 5.43 Å². The van der Waals surface area contributed by atoms with Crippen molar-refractivity contribution in [3.8, 4) is 0 Å². The smallest absolute Gasteiger partial charge is 0.326 e. The molecule has 2 aliphatic rings. The van der Waals surface area contributed by atoms with Gasteiger partial charge in [0.05, 0.1) is 0 Å². The number of rotatable bonds is 4. The number of para-hydroxylation sites is 1. The molecule has 0 bridgehead atoms. The maximum atomic E-state index is 12.3. The molecule has 0 radical (unpaired) electrons. The third kappa shape index (κ3) is 3.05. The summed E-state index contributed by atoms with van der Waals surface area (Å²) >= 11 is 0. The van der Waals surface area contributed by atoms with Gasteiger partial charge < -0.3 is 10.2 Å². The van der Waals surface area contributed by atoms with Gasteiger partial charge in [0.1, 0.15) is 6.54 Å². The maximum absolute atomic E-state index is 12.3. The molecule has 24 heavy (non-hydrogen) atoms. The van der Waals surface area contributed by atoms with Crippen molar-refractivity contribution >= 4 is 23.4 Å². The van der Waals surface area contributed by atoms with Crippen LogP contribution in [0.3, 0.4) is 0 Å². The van der Waals surface area contributed by atoms with Crippen LogP contribution in [0.1, 0.15) is 13.8 Å². The van der Waals surface area contributed by atoms with Crippen LogP contribution in [0.15, 0.2) is 30.3 Å². The molecule has 2 heterocycles. The summed E-state index contributed by atoms with van der Waals surface area (Å²) in [6, 6.07) is 9.62. The number of anilines is 1. The van der Waals surface area contributed by atoms with Gasteiger partial charge in [0.15, 0.2) is 6.29 Å². The van der Waals surface area contributed by atoms with E-state index in [1.165, 1.54) is 4.90 Å². The molecule has 2 aliphatic heterocycles. The van der Waals surface area contributed by atoms with E-state index in [0.29, 0.717) is 13.1 Å². The molecule has 3 amide bonds.